The molecule has 0 aromatic heterocycles. The van der Waals surface area contributed by atoms with Gasteiger partial charge in [0.1, 0.15) is 25.2 Å². The lowest BCUT2D eigenvalue weighted by molar-refractivity contribution is 0.0431. The van der Waals surface area contributed by atoms with Gasteiger partial charge in [0.25, 0.3) is 0 Å². The highest BCUT2D eigenvalue weighted by Crippen LogP contribution is 2.20. The highest BCUT2D eigenvalue weighted by molar-refractivity contribution is 5.20. The number of rotatable bonds is 3. The Labute approximate surface area is 103 Å². The number of para-hydroxylation sites is 1. The Morgan fingerprint density at radius 1 is 1.29 bits per heavy atom. The molecule has 0 saturated carbocycles. The fraction of sp³-hybridized carbons (Fsp3) is 0.571. The highest BCUT2D eigenvalue weighted by atomic mass is 16.5. The summed E-state index contributed by atoms with van der Waals surface area (Å²) in [5, 5.41) is 0. The molecule has 3 nitrogen and oxygen atoms in total. The van der Waals surface area contributed by atoms with Crippen molar-refractivity contribution in [3.8, 4) is 5.75 Å². The molecule has 0 amide bonds. The topological polar surface area (TPSA) is 21.7 Å². The number of hydrogen-bond acceptors (Lipinski definition) is 3. The molecular weight excluding hydrogens is 214 g/mol. The summed E-state index contributed by atoms with van der Waals surface area (Å²) in [5.74, 6) is 0.908. The SMILES string of the molecule is CC(C)(C)N1CO[C@H](COc2ccccc2)C1. The van der Waals surface area contributed by atoms with Crippen LogP contribution in [0.15, 0.2) is 30.3 Å². The van der Waals surface area contributed by atoms with Crippen LogP contribution in [0.25, 0.3) is 0 Å². The number of hydrogen-bond donors (Lipinski definition) is 0. The van der Waals surface area contributed by atoms with Crippen molar-refractivity contribution in [1.82, 2.24) is 4.90 Å². The number of nitrogens with zero attached hydrogens (tertiary/aromatic N) is 1. The van der Waals surface area contributed by atoms with E-state index in [0.717, 1.165) is 12.3 Å². The maximum absolute atomic E-state index is 5.71. The van der Waals surface area contributed by atoms with Crippen molar-refractivity contribution >= 4 is 0 Å². The third kappa shape index (κ3) is 3.45. The van der Waals surface area contributed by atoms with Gasteiger partial charge in [-0.05, 0) is 32.9 Å². The van der Waals surface area contributed by atoms with Crippen LogP contribution >= 0.6 is 0 Å². The zero-order valence-corrected chi connectivity index (χ0v) is 10.8. The molecule has 2 rings (SSSR count). The Bertz CT molecular complexity index is 345. The molecular formula is C14H21NO2. The van der Waals surface area contributed by atoms with Crippen LogP contribution < -0.4 is 4.74 Å². The van der Waals surface area contributed by atoms with Crippen molar-refractivity contribution in [2.75, 3.05) is 19.9 Å². The minimum Gasteiger partial charge on any atom is -0.491 e. The fourth-order valence-electron chi connectivity index (χ4n) is 1.82. The Kier molecular flexibility index (Phi) is 3.69. The molecule has 0 unspecified atom stereocenters. The molecule has 0 spiro atoms. The van der Waals surface area contributed by atoms with E-state index >= 15 is 0 Å². The van der Waals surface area contributed by atoms with Crippen LogP contribution in [0, 0.1) is 0 Å². The van der Waals surface area contributed by atoms with E-state index in [9.17, 15) is 0 Å². The number of ether oxygens (including phenoxy) is 2. The maximum atomic E-state index is 5.71. The second-order valence-corrected chi connectivity index (χ2v) is 5.44. The van der Waals surface area contributed by atoms with Crippen LogP contribution in [-0.4, -0.2) is 36.4 Å². The predicted molar refractivity (Wildman–Crippen MR) is 68.1 cm³/mol. The first-order valence-electron chi connectivity index (χ1n) is 6.10. The van der Waals surface area contributed by atoms with Gasteiger partial charge in [-0.2, -0.15) is 0 Å². The van der Waals surface area contributed by atoms with Crippen molar-refractivity contribution in [2.45, 2.75) is 32.4 Å². The van der Waals surface area contributed by atoms with Crippen molar-refractivity contribution < 1.29 is 9.47 Å². The average Bonchev–Trinajstić information content (AvgIpc) is 2.76. The zero-order valence-electron chi connectivity index (χ0n) is 10.8. The minimum atomic E-state index is 0.168. The first-order valence-corrected chi connectivity index (χ1v) is 6.10. The minimum absolute atomic E-state index is 0.168. The van der Waals surface area contributed by atoms with E-state index in [-0.39, 0.29) is 11.6 Å². The van der Waals surface area contributed by atoms with E-state index < -0.39 is 0 Å². The molecule has 1 aromatic rings. The van der Waals surface area contributed by atoms with Crippen molar-refractivity contribution in [2.24, 2.45) is 0 Å². The molecule has 0 aliphatic carbocycles. The van der Waals surface area contributed by atoms with E-state index in [1.165, 1.54) is 0 Å². The third-order valence-electron chi connectivity index (χ3n) is 3.02. The maximum Gasteiger partial charge on any atom is 0.119 e. The van der Waals surface area contributed by atoms with Crippen LogP contribution in [0.5, 0.6) is 5.75 Å². The molecule has 94 valence electrons. The zero-order chi connectivity index (χ0) is 12.3. The average molecular weight is 235 g/mol. The first kappa shape index (κ1) is 12.4. The van der Waals surface area contributed by atoms with Crippen LogP contribution in [0.1, 0.15) is 20.8 Å². The Balaban J connectivity index is 1.79. The summed E-state index contributed by atoms with van der Waals surface area (Å²) in [6, 6.07) is 9.88. The molecule has 1 atom stereocenters. The van der Waals surface area contributed by atoms with E-state index in [1.807, 2.05) is 30.3 Å². The van der Waals surface area contributed by atoms with Gasteiger partial charge in [0.05, 0.1) is 0 Å². The summed E-state index contributed by atoms with van der Waals surface area (Å²) in [6.45, 7) is 8.88. The van der Waals surface area contributed by atoms with Gasteiger partial charge >= 0.3 is 0 Å². The van der Waals surface area contributed by atoms with E-state index in [4.69, 9.17) is 9.47 Å². The summed E-state index contributed by atoms with van der Waals surface area (Å²) in [4.78, 5) is 2.33. The quantitative estimate of drug-likeness (QED) is 0.803. The van der Waals surface area contributed by atoms with Crippen molar-refractivity contribution in [1.29, 1.82) is 0 Å². The second kappa shape index (κ2) is 5.07. The van der Waals surface area contributed by atoms with Gasteiger partial charge in [-0.1, -0.05) is 18.2 Å². The highest BCUT2D eigenvalue weighted by Gasteiger charge is 2.31. The third-order valence-corrected chi connectivity index (χ3v) is 3.02. The van der Waals surface area contributed by atoms with Gasteiger partial charge in [-0.3, -0.25) is 4.90 Å². The largest absolute Gasteiger partial charge is 0.491 e. The molecule has 1 fully saturated rings. The summed E-state index contributed by atoms with van der Waals surface area (Å²) in [7, 11) is 0. The van der Waals surface area contributed by atoms with E-state index in [2.05, 4.69) is 25.7 Å². The van der Waals surface area contributed by atoms with Crippen molar-refractivity contribution in [3.05, 3.63) is 30.3 Å². The molecule has 17 heavy (non-hydrogen) atoms. The van der Waals surface area contributed by atoms with Crippen molar-refractivity contribution in [3.63, 3.8) is 0 Å². The summed E-state index contributed by atoms with van der Waals surface area (Å²) >= 11 is 0. The standard InChI is InChI=1S/C14H21NO2/c1-14(2,3)15-9-13(17-11-15)10-16-12-7-5-4-6-8-12/h4-8,13H,9-11H2,1-3H3/t13-/m0/s1. The van der Waals surface area contributed by atoms with Gasteiger partial charge in [0.15, 0.2) is 0 Å². The lowest BCUT2D eigenvalue weighted by Crippen LogP contribution is -2.40. The molecule has 0 N–H and O–H groups in total. The van der Waals surface area contributed by atoms with Gasteiger partial charge in [0.2, 0.25) is 0 Å². The number of benzene rings is 1. The van der Waals surface area contributed by atoms with Crippen LogP contribution in [0.2, 0.25) is 0 Å². The smallest absolute Gasteiger partial charge is 0.119 e. The summed E-state index contributed by atoms with van der Waals surface area (Å²) in [6.07, 6.45) is 0.175. The van der Waals surface area contributed by atoms with Gasteiger partial charge in [-0.25, -0.2) is 0 Å². The molecule has 1 saturated heterocycles. The lowest BCUT2D eigenvalue weighted by atomic mass is 10.1. The molecule has 1 aromatic carbocycles. The Morgan fingerprint density at radius 3 is 2.59 bits per heavy atom. The van der Waals surface area contributed by atoms with Crippen LogP contribution in [0.4, 0.5) is 0 Å². The molecule has 1 heterocycles. The molecule has 3 heteroatoms. The molecule has 0 bridgehead atoms. The first-order chi connectivity index (χ1) is 8.05. The van der Waals surface area contributed by atoms with E-state index in [0.29, 0.717) is 13.3 Å². The predicted octanol–water partition coefficient (Wildman–Crippen LogP) is 2.52. The normalized spacial score (nSPS) is 21.7. The molecule has 1 aliphatic heterocycles. The van der Waals surface area contributed by atoms with Gasteiger partial charge in [-0.15, -0.1) is 0 Å². The van der Waals surface area contributed by atoms with Gasteiger partial charge < -0.3 is 9.47 Å². The van der Waals surface area contributed by atoms with Crippen LogP contribution in [0.3, 0.4) is 0 Å². The molecule has 0 radical (unpaired) electrons. The van der Waals surface area contributed by atoms with Crippen LogP contribution in [-0.2, 0) is 4.74 Å². The Morgan fingerprint density at radius 2 is 2.00 bits per heavy atom. The van der Waals surface area contributed by atoms with Gasteiger partial charge in [0, 0.05) is 12.1 Å². The molecule has 1 aliphatic rings. The monoisotopic (exact) mass is 235 g/mol. The summed E-state index contributed by atoms with van der Waals surface area (Å²) < 4.78 is 11.4. The Hall–Kier alpha value is -1.06. The summed E-state index contributed by atoms with van der Waals surface area (Å²) in [5.41, 5.74) is 0.168. The second-order valence-electron chi connectivity index (χ2n) is 5.44. The fourth-order valence-corrected chi connectivity index (χ4v) is 1.82. The van der Waals surface area contributed by atoms with E-state index in [1.54, 1.807) is 0 Å². The lowest BCUT2D eigenvalue weighted by Gasteiger charge is -2.29.